The predicted molar refractivity (Wildman–Crippen MR) is 113 cm³/mol. The summed E-state index contributed by atoms with van der Waals surface area (Å²) in [4.78, 5) is 17.0. The summed E-state index contributed by atoms with van der Waals surface area (Å²) in [6.45, 7) is 3.03. The van der Waals surface area contributed by atoms with Crippen molar-refractivity contribution in [3.8, 4) is 17.0 Å². The van der Waals surface area contributed by atoms with Crippen molar-refractivity contribution in [2.24, 2.45) is 0 Å². The molecule has 1 amide bonds. The van der Waals surface area contributed by atoms with Crippen molar-refractivity contribution in [2.75, 3.05) is 26.2 Å². The fraction of sp³-hybridized carbons (Fsp3) is 0.304. The van der Waals surface area contributed by atoms with E-state index in [0.29, 0.717) is 30.0 Å². The predicted octanol–water partition coefficient (Wildman–Crippen LogP) is 3.94. The second kappa shape index (κ2) is 9.26. The van der Waals surface area contributed by atoms with Crippen molar-refractivity contribution < 1.29 is 18.3 Å². The number of hydrogen-bond donors (Lipinski definition) is 1. The average Bonchev–Trinajstić information content (AvgIpc) is 3.24. The summed E-state index contributed by atoms with van der Waals surface area (Å²) in [5.41, 5.74) is 4.22. The van der Waals surface area contributed by atoms with E-state index in [-0.39, 0.29) is 11.7 Å². The first-order valence-corrected chi connectivity index (χ1v) is 10.2. The summed E-state index contributed by atoms with van der Waals surface area (Å²) >= 11 is 0. The van der Waals surface area contributed by atoms with E-state index in [1.807, 2.05) is 4.90 Å². The molecule has 1 aliphatic rings. The van der Waals surface area contributed by atoms with Gasteiger partial charge in [0.25, 0.3) is 5.91 Å². The van der Waals surface area contributed by atoms with E-state index in [0.717, 1.165) is 19.6 Å². The molecule has 0 atom stereocenters. The zero-order chi connectivity index (χ0) is 21.8. The van der Waals surface area contributed by atoms with Crippen LogP contribution in [0, 0.1) is 6.92 Å². The Hall–Kier alpha value is -3.26. The first kappa shape index (κ1) is 21.0. The van der Waals surface area contributed by atoms with Crippen LogP contribution in [-0.4, -0.2) is 58.7 Å². The number of alkyl halides is 2. The maximum atomic E-state index is 12.9. The van der Waals surface area contributed by atoms with Crippen LogP contribution in [0.2, 0.25) is 0 Å². The fourth-order valence-corrected chi connectivity index (χ4v) is 3.73. The lowest BCUT2D eigenvalue weighted by Crippen LogP contribution is -2.48. The van der Waals surface area contributed by atoms with Crippen molar-refractivity contribution >= 4 is 5.91 Å². The lowest BCUT2D eigenvalue weighted by atomic mass is 10.1. The molecular weight excluding hydrogens is 402 g/mol. The van der Waals surface area contributed by atoms with Gasteiger partial charge in [-0.1, -0.05) is 29.8 Å². The van der Waals surface area contributed by atoms with Gasteiger partial charge in [-0.3, -0.25) is 14.8 Å². The Labute approximate surface area is 179 Å². The van der Waals surface area contributed by atoms with Gasteiger partial charge in [-0.15, -0.1) is 0 Å². The van der Waals surface area contributed by atoms with Crippen molar-refractivity contribution in [3.63, 3.8) is 0 Å². The third-order valence-electron chi connectivity index (χ3n) is 5.33. The fourth-order valence-electron chi connectivity index (χ4n) is 3.73. The van der Waals surface area contributed by atoms with Gasteiger partial charge in [-0.05, 0) is 42.8 Å². The maximum Gasteiger partial charge on any atom is 0.387 e. The highest BCUT2D eigenvalue weighted by Crippen LogP contribution is 2.23. The highest BCUT2D eigenvalue weighted by Gasteiger charge is 2.23. The van der Waals surface area contributed by atoms with Crippen LogP contribution >= 0.6 is 0 Å². The second-order valence-corrected chi connectivity index (χ2v) is 7.63. The highest BCUT2D eigenvalue weighted by molar-refractivity contribution is 5.93. The van der Waals surface area contributed by atoms with E-state index in [9.17, 15) is 13.6 Å². The molecular formula is C23H24F2N4O2. The van der Waals surface area contributed by atoms with Crippen LogP contribution in [0.3, 0.4) is 0 Å². The standard InChI is InChI=1S/C23H24F2N4O2/c1-16-3-2-4-17(13-16)15-28-9-11-29(12-10-28)22(30)21-14-20(26-27-21)18-5-7-19(8-6-18)31-23(24)25/h2-8,13-14,23H,9-12,15H2,1H3,(H,26,27). The van der Waals surface area contributed by atoms with Crippen LogP contribution < -0.4 is 4.74 Å². The molecule has 31 heavy (non-hydrogen) atoms. The molecule has 162 valence electrons. The SMILES string of the molecule is Cc1cccc(CN2CCN(C(=O)c3cc(-c4ccc(OC(F)F)cc4)n[nH]3)CC2)c1. The van der Waals surface area contributed by atoms with E-state index < -0.39 is 6.61 Å². The van der Waals surface area contributed by atoms with E-state index in [1.54, 1.807) is 18.2 Å². The monoisotopic (exact) mass is 426 g/mol. The normalized spacial score (nSPS) is 14.8. The Bertz CT molecular complexity index is 1030. The van der Waals surface area contributed by atoms with Gasteiger partial charge < -0.3 is 9.64 Å². The summed E-state index contributed by atoms with van der Waals surface area (Å²) < 4.78 is 28.9. The molecule has 1 aliphatic heterocycles. The summed E-state index contributed by atoms with van der Waals surface area (Å²) in [6, 6.07) is 16.3. The molecule has 4 rings (SSSR count). The number of amides is 1. The van der Waals surface area contributed by atoms with Crippen molar-refractivity contribution in [1.29, 1.82) is 0 Å². The van der Waals surface area contributed by atoms with Crippen molar-refractivity contribution in [3.05, 3.63) is 71.4 Å². The van der Waals surface area contributed by atoms with Crippen molar-refractivity contribution in [1.82, 2.24) is 20.0 Å². The van der Waals surface area contributed by atoms with E-state index in [4.69, 9.17) is 0 Å². The first-order valence-electron chi connectivity index (χ1n) is 10.2. The zero-order valence-electron chi connectivity index (χ0n) is 17.2. The summed E-state index contributed by atoms with van der Waals surface area (Å²) in [7, 11) is 0. The molecule has 8 heteroatoms. The third-order valence-corrected chi connectivity index (χ3v) is 5.33. The molecule has 0 saturated carbocycles. The smallest absolute Gasteiger partial charge is 0.387 e. The molecule has 1 fully saturated rings. The van der Waals surface area contributed by atoms with E-state index in [2.05, 4.69) is 51.0 Å². The van der Waals surface area contributed by atoms with Crippen molar-refractivity contribution in [2.45, 2.75) is 20.1 Å². The molecule has 6 nitrogen and oxygen atoms in total. The van der Waals surface area contributed by atoms with Crippen LogP contribution in [0.4, 0.5) is 8.78 Å². The molecule has 0 spiro atoms. The second-order valence-electron chi connectivity index (χ2n) is 7.63. The Balaban J connectivity index is 1.34. The maximum absolute atomic E-state index is 12.9. The minimum absolute atomic E-state index is 0.0779. The molecule has 3 aromatic rings. The number of H-pyrrole nitrogens is 1. The summed E-state index contributed by atoms with van der Waals surface area (Å²) in [6.07, 6.45) is 0. The summed E-state index contributed by atoms with van der Waals surface area (Å²) in [5, 5.41) is 7.00. The number of rotatable bonds is 6. The van der Waals surface area contributed by atoms with E-state index in [1.165, 1.54) is 23.3 Å². The number of aryl methyl sites for hydroxylation is 1. The first-order chi connectivity index (χ1) is 15.0. The molecule has 2 aromatic carbocycles. The van der Waals surface area contributed by atoms with E-state index >= 15 is 0 Å². The number of nitrogens with zero attached hydrogens (tertiary/aromatic N) is 3. The quantitative estimate of drug-likeness (QED) is 0.649. The number of aromatic amines is 1. The number of hydrogen-bond acceptors (Lipinski definition) is 4. The van der Waals surface area contributed by atoms with Crippen LogP contribution in [0.15, 0.2) is 54.6 Å². The summed E-state index contributed by atoms with van der Waals surface area (Å²) in [5.74, 6) is -0.0132. The number of benzene rings is 2. The van der Waals surface area contributed by atoms with Gasteiger partial charge in [-0.2, -0.15) is 13.9 Å². The van der Waals surface area contributed by atoms with Crippen LogP contribution in [-0.2, 0) is 6.54 Å². The number of nitrogens with one attached hydrogen (secondary N) is 1. The number of ether oxygens (including phenoxy) is 1. The molecule has 1 aromatic heterocycles. The van der Waals surface area contributed by atoms with Crippen LogP contribution in [0.5, 0.6) is 5.75 Å². The largest absolute Gasteiger partial charge is 0.435 e. The molecule has 2 heterocycles. The molecule has 0 aliphatic carbocycles. The Morgan fingerprint density at radius 1 is 1.10 bits per heavy atom. The van der Waals surface area contributed by atoms with Gasteiger partial charge in [0, 0.05) is 38.3 Å². The Kier molecular flexibility index (Phi) is 6.27. The number of carbonyl (C=O) groups is 1. The van der Waals surface area contributed by atoms with Gasteiger partial charge in [0.2, 0.25) is 0 Å². The Morgan fingerprint density at radius 3 is 2.52 bits per heavy atom. The third kappa shape index (κ3) is 5.27. The Morgan fingerprint density at radius 2 is 1.84 bits per heavy atom. The lowest BCUT2D eigenvalue weighted by Gasteiger charge is -2.34. The minimum atomic E-state index is -2.86. The number of piperazine rings is 1. The van der Waals surface area contributed by atoms with Crippen LogP contribution in [0.25, 0.3) is 11.3 Å². The number of carbonyl (C=O) groups excluding carboxylic acids is 1. The lowest BCUT2D eigenvalue weighted by molar-refractivity contribution is -0.0498. The van der Waals surface area contributed by atoms with Crippen LogP contribution in [0.1, 0.15) is 21.6 Å². The minimum Gasteiger partial charge on any atom is -0.435 e. The van der Waals surface area contributed by atoms with Gasteiger partial charge in [0.1, 0.15) is 11.4 Å². The highest BCUT2D eigenvalue weighted by atomic mass is 19.3. The number of halogens is 2. The van der Waals surface area contributed by atoms with Gasteiger partial charge in [0.05, 0.1) is 5.69 Å². The number of aromatic nitrogens is 2. The zero-order valence-corrected chi connectivity index (χ0v) is 17.2. The molecule has 1 saturated heterocycles. The van der Waals surface area contributed by atoms with Gasteiger partial charge in [-0.25, -0.2) is 0 Å². The van der Waals surface area contributed by atoms with Gasteiger partial charge >= 0.3 is 6.61 Å². The molecule has 0 unspecified atom stereocenters. The molecule has 0 bridgehead atoms. The topological polar surface area (TPSA) is 61.5 Å². The van der Waals surface area contributed by atoms with Gasteiger partial charge in [0.15, 0.2) is 0 Å². The average molecular weight is 426 g/mol. The molecule has 1 N–H and O–H groups in total. The molecule has 0 radical (unpaired) electrons.